The molecule has 18 heavy (non-hydrogen) atoms. The number of carbonyl (C=O) groups excluding carboxylic acids is 2. The van der Waals surface area contributed by atoms with Gasteiger partial charge in [0.05, 0.1) is 0 Å². The fourth-order valence-electron chi connectivity index (χ4n) is 2.81. The second-order valence-corrected chi connectivity index (χ2v) is 6.84. The minimum absolute atomic E-state index is 0.0320. The molecular weight excluding hydrogens is 224 g/mol. The van der Waals surface area contributed by atoms with Gasteiger partial charge in [-0.2, -0.15) is 0 Å². The van der Waals surface area contributed by atoms with E-state index < -0.39 is 0 Å². The second kappa shape index (κ2) is 5.81. The molecular formula is C16H26O2. The average molecular weight is 250 g/mol. The molecule has 0 saturated heterocycles. The van der Waals surface area contributed by atoms with E-state index in [4.69, 9.17) is 0 Å². The fraction of sp³-hybridized carbons (Fsp3) is 0.750. The summed E-state index contributed by atoms with van der Waals surface area (Å²) in [7, 11) is 0. The molecule has 0 aromatic heterocycles. The quantitative estimate of drug-likeness (QED) is 0.559. The third-order valence-electron chi connectivity index (χ3n) is 4.06. The first-order chi connectivity index (χ1) is 8.21. The number of ketones is 2. The molecule has 2 nitrogen and oxygen atoms in total. The van der Waals surface area contributed by atoms with Crippen molar-refractivity contribution in [2.45, 2.75) is 59.8 Å². The lowest BCUT2D eigenvalue weighted by molar-refractivity contribution is -0.139. The Labute approximate surface area is 111 Å². The largest absolute Gasteiger partial charge is 0.291 e. The smallest absolute Gasteiger partial charge is 0.202 e. The lowest BCUT2D eigenvalue weighted by Crippen LogP contribution is -2.31. The predicted molar refractivity (Wildman–Crippen MR) is 74.3 cm³/mol. The summed E-state index contributed by atoms with van der Waals surface area (Å²) in [5.74, 6) is 0.236. The molecule has 1 aliphatic carbocycles. The van der Waals surface area contributed by atoms with Crippen LogP contribution < -0.4 is 0 Å². The van der Waals surface area contributed by atoms with E-state index in [2.05, 4.69) is 27.4 Å². The summed E-state index contributed by atoms with van der Waals surface area (Å²) in [6, 6.07) is 0. The third kappa shape index (κ3) is 4.08. The van der Waals surface area contributed by atoms with Gasteiger partial charge in [0.25, 0.3) is 0 Å². The van der Waals surface area contributed by atoms with Gasteiger partial charge in [-0.05, 0) is 43.9 Å². The lowest BCUT2D eigenvalue weighted by atomic mass is 9.69. The first kappa shape index (κ1) is 15.1. The first-order valence-corrected chi connectivity index (χ1v) is 6.93. The Hall–Kier alpha value is -0.920. The first-order valence-electron chi connectivity index (χ1n) is 6.93. The Balaban J connectivity index is 2.50. The van der Waals surface area contributed by atoms with Crippen molar-refractivity contribution in [3.05, 3.63) is 12.2 Å². The van der Waals surface area contributed by atoms with E-state index in [1.54, 1.807) is 6.92 Å². The third-order valence-corrected chi connectivity index (χ3v) is 4.06. The highest BCUT2D eigenvalue weighted by atomic mass is 16.2. The van der Waals surface area contributed by atoms with Crippen molar-refractivity contribution in [3.63, 3.8) is 0 Å². The van der Waals surface area contributed by atoms with E-state index in [0.717, 1.165) is 31.3 Å². The second-order valence-electron chi connectivity index (χ2n) is 6.84. The number of carbonyl (C=O) groups is 2. The van der Waals surface area contributed by atoms with Crippen molar-refractivity contribution >= 4 is 11.6 Å². The molecule has 0 unspecified atom stereocenters. The maximum absolute atomic E-state index is 12.0. The zero-order chi connectivity index (χ0) is 13.9. The molecule has 1 aliphatic rings. The molecule has 0 bridgehead atoms. The molecule has 102 valence electrons. The minimum atomic E-state index is -0.248. The molecule has 2 heteroatoms. The molecule has 0 radical (unpaired) electrons. The molecule has 0 spiro atoms. The van der Waals surface area contributed by atoms with Gasteiger partial charge in [-0.1, -0.05) is 32.9 Å². The Kier molecular flexibility index (Phi) is 4.89. The molecule has 0 heterocycles. The zero-order valence-electron chi connectivity index (χ0n) is 12.2. The molecule has 1 fully saturated rings. The minimum Gasteiger partial charge on any atom is -0.291 e. The van der Waals surface area contributed by atoms with Gasteiger partial charge >= 0.3 is 0 Å². The number of hydrogen-bond donors (Lipinski definition) is 0. The van der Waals surface area contributed by atoms with Crippen LogP contribution in [0.25, 0.3) is 0 Å². The number of rotatable bonds is 4. The Morgan fingerprint density at radius 3 is 2.00 bits per heavy atom. The van der Waals surface area contributed by atoms with Crippen molar-refractivity contribution in [2.75, 3.05) is 0 Å². The van der Waals surface area contributed by atoms with Crippen LogP contribution in [0.4, 0.5) is 0 Å². The fourth-order valence-corrected chi connectivity index (χ4v) is 2.81. The highest BCUT2D eigenvalue weighted by Gasteiger charge is 2.34. The van der Waals surface area contributed by atoms with Crippen molar-refractivity contribution < 1.29 is 9.59 Å². The van der Waals surface area contributed by atoms with Gasteiger partial charge in [0.1, 0.15) is 0 Å². The predicted octanol–water partition coefficient (Wildman–Crippen LogP) is 3.94. The van der Waals surface area contributed by atoms with Crippen LogP contribution in [0.2, 0.25) is 0 Å². The van der Waals surface area contributed by atoms with Gasteiger partial charge in [0.2, 0.25) is 11.6 Å². The van der Waals surface area contributed by atoms with E-state index in [-0.39, 0.29) is 23.9 Å². The summed E-state index contributed by atoms with van der Waals surface area (Å²) in [4.78, 5) is 23.7. The van der Waals surface area contributed by atoms with E-state index >= 15 is 0 Å². The van der Waals surface area contributed by atoms with E-state index in [1.807, 2.05) is 0 Å². The standard InChI is InChI=1S/C16H26O2/c1-11(2)10-14(17)15(18)12-6-8-13(9-7-12)16(3,4)5/h12-13H,1,6-10H2,2-5H3. The monoisotopic (exact) mass is 250 g/mol. The molecule has 0 aliphatic heterocycles. The summed E-state index contributed by atoms with van der Waals surface area (Å²) < 4.78 is 0. The van der Waals surface area contributed by atoms with E-state index in [1.165, 1.54) is 0 Å². The van der Waals surface area contributed by atoms with Crippen molar-refractivity contribution in [2.24, 2.45) is 17.3 Å². The normalized spacial score (nSPS) is 24.7. The Morgan fingerprint density at radius 2 is 1.61 bits per heavy atom. The molecule has 1 saturated carbocycles. The zero-order valence-corrected chi connectivity index (χ0v) is 12.2. The summed E-state index contributed by atoms with van der Waals surface area (Å²) in [6.07, 6.45) is 4.12. The van der Waals surface area contributed by atoms with Crippen LogP contribution in [0, 0.1) is 17.3 Å². The van der Waals surface area contributed by atoms with Gasteiger partial charge < -0.3 is 0 Å². The summed E-state index contributed by atoms with van der Waals surface area (Å²) in [5, 5.41) is 0. The van der Waals surface area contributed by atoms with Crippen LogP contribution in [0.5, 0.6) is 0 Å². The maximum atomic E-state index is 12.0. The number of allylic oxidation sites excluding steroid dienone is 1. The van der Waals surface area contributed by atoms with Crippen molar-refractivity contribution in [1.29, 1.82) is 0 Å². The number of hydrogen-bond acceptors (Lipinski definition) is 2. The molecule has 0 aromatic rings. The highest BCUT2D eigenvalue weighted by Crippen LogP contribution is 2.40. The highest BCUT2D eigenvalue weighted by molar-refractivity contribution is 6.38. The van der Waals surface area contributed by atoms with Crippen LogP contribution in [0.1, 0.15) is 59.8 Å². The van der Waals surface area contributed by atoms with Crippen molar-refractivity contribution in [3.8, 4) is 0 Å². The summed E-state index contributed by atoms with van der Waals surface area (Å²) in [6.45, 7) is 12.3. The average Bonchev–Trinajstić information content (AvgIpc) is 2.26. The van der Waals surface area contributed by atoms with Crippen LogP contribution in [-0.4, -0.2) is 11.6 Å². The van der Waals surface area contributed by atoms with Gasteiger partial charge in [0, 0.05) is 12.3 Å². The van der Waals surface area contributed by atoms with Crippen LogP contribution >= 0.6 is 0 Å². The lowest BCUT2D eigenvalue weighted by Gasteiger charge is -2.36. The maximum Gasteiger partial charge on any atom is 0.202 e. The molecule has 0 aromatic carbocycles. The number of Topliss-reactive ketones (excluding diaryl/α,β-unsaturated/α-hetero) is 2. The van der Waals surface area contributed by atoms with E-state index in [0.29, 0.717) is 11.3 Å². The Morgan fingerprint density at radius 1 is 1.11 bits per heavy atom. The Bertz CT molecular complexity index is 339. The van der Waals surface area contributed by atoms with Crippen LogP contribution in [-0.2, 0) is 9.59 Å². The van der Waals surface area contributed by atoms with Crippen molar-refractivity contribution in [1.82, 2.24) is 0 Å². The van der Waals surface area contributed by atoms with Gasteiger partial charge in [-0.15, -0.1) is 0 Å². The topological polar surface area (TPSA) is 34.1 Å². The van der Waals surface area contributed by atoms with Gasteiger partial charge in [0.15, 0.2) is 0 Å². The van der Waals surface area contributed by atoms with E-state index in [9.17, 15) is 9.59 Å². The summed E-state index contributed by atoms with van der Waals surface area (Å²) >= 11 is 0. The van der Waals surface area contributed by atoms with Gasteiger partial charge in [-0.25, -0.2) is 0 Å². The SMILES string of the molecule is C=C(C)CC(=O)C(=O)C1CCC(C(C)(C)C)CC1. The molecule has 0 N–H and O–H groups in total. The van der Waals surface area contributed by atoms with Crippen LogP contribution in [0.15, 0.2) is 12.2 Å². The van der Waals surface area contributed by atoms with Gasteiger partial charge in [-0.3, -0.25) is 9.59 Å². The molecule has 0 amide bonds. The molecule has 1 rings (SSSR count). The summed E-state index contributed by atoms with van der Waals surface area (Å²) in [5.41, 5.74) is 1.09. The molecule has 0 atom stereocenters. The van der Waals surface area contributed by atoms with Crippen LogP contribution in [0.3, 0.4) is 0 Å².